The third-order valence-corrected chi connectivity index (χ3v) is 5.68. The van der Waals surface area contributed by atoms with Crippen LogP contribution in [-0.4, -0.2) is 25.6 Å². The van der Waals surface area contributed by atoms with E-state index in [2.05, 4.69) is 21.2 Å². The number of fused-ring (bicyclic) bond motifs is 1. The standard InChI is InChI=1S/C18H18BrNO4S/c1-23-18(22)16-13-7-2-3-8-14(13)25-17(16)20-15(21)10-24-12-6-4-5-11(19)9-12/h4-6,9H,2-3,7-8,10H2,1H3,(H,20,21). The molecule has 1 heterocycles. The van der Waals surface area contributed by atoms with Crippen molar-refractivity contribution in [3.63, 3.8) is 0 Å². The number of ether oxygens (including phenoxy) is 2. The Morgan fingerprint density at radius 2 is 2.08 bits per heavy atom. The van der Waals surface area contributed by atoms with E-state index in [0.717, 1.165) is 40.6 Å². The van der Waals surface area contributed by atoms with Crippen molar-refractivity contribution in [2.45, 2.75) is 25.7 Å². The number of carbonyl (C=O) groups is 2. The third kappa shape index (κ3) is 4.22. The Kier molecular flexibility index (Phi) is 5.75. The molecule has 1 amide bonds. The maximum Gasteiger partial charge on any atom is 0.341 e. The van der Waals surface area contributed by atoms with Gasteiger partial charge in [0.15, 0.2) is 6.61 Å². The van der Waals surface area contributed by atoms with Crippen LogP contribution in [0.5, 0.6) is 5.75 Å². The molecule has 0 fully saturated rings. The summed E-state index contributed by atoms with van der Waals surface area (Å²) in [7, 11) is 1.36. The number of hydrogen-bond acceptors (Lipinski definition) is 5. The zero-order valence-corrected chi connectivity index (χ0v) is 16.2. The summed E-state index contributed by atoms with van der Waals surface area (Å²) in [6.45, 7) is -0.125. The van der Waals surface area contributed by atoms with Gasteiger partial charge in [0.1, 0.15) is 10.8 Å². The maximum atomic E-state index is 12.3. The van der Waals surface area contributed by atoms with Gasteiger partial charge < -0.3 is 14.8 Å². The van der Waals surface area contributed by atoms with E-state index in [4.69, 9.17) is 9.47 Å². The number of hydrogen-bond donors (Lipinski definition) is 1. The first-order valence-corrected chi connectivity index (χ1v) is 9.60. The highest BCUT2D eigenvalue weighted by Crippen LogP contribution is 2.38. The second-order valence-corrected chi connectivity index (χ2v) is 7.72. The summed E-state index contributed by atoms with van der Waals surface area (Å²) < 4.78 is 11.3. The summed E-state index contributed by atoms with van der Waals surface area (Å²) >= 11 is 4.82. The average Bonchev–Trinajstić information content (AvgIpc) is 2.97. The molecular formula is C18H18BrNO4S. The highest BCUT2D eigenvalue weighted by Gasteiger charge is 2.26. The molecule has 3 rings (SSSR count). The van der Waals surface area contributed by atoms with Gasteiger partial charge in [-0.2, -0.15) is 0 Å². The normalized spacial score (nSPS) is 13.0. The molecule has 0 saturated carbocycles. The quantitative estimate of drug-likeness (QED) is 0.731. The van der Waals surface area contributed by atoms with Crippen molar-refractivity contribution in [2.24, 2.45) is 0 Å². The molecule has 0 saturated heterocycles. The number of anilines is 1. The van der Waals surface area contributed by atoms with Crippen LogP contribution in [-0.2, 0) is 22.4 Å². The lowest BCUT2D eigenvalue weighted by Crippen LogP contribution is -2.21. The van der Waals surface area contributed by atoms with E-state index >= 15 is 0 Å². The molecule has 0 unspecified atom stereocenters. The van der Waals surface area contributed by atoms with E-state index in [1.807, 2.05) is 12.1 Å². The Balaban J connectivity index is 1.72. The van der Waals surface area contributed by atoms with Crippen LogP contribution in [0.4, 0.5) is 5.00 Å². The summed E-state index contributed by atoms with van der Waals surface area (Å²) in [5.41, 5.74) is 1.52. The molecule has 7 heteroatoms. The van der Waals surface area contributed by atoms with Crippen LogP contribution in [0, 0.1) is 0 Å². The topological polar surface area (TPSA) is 64.6 Å². The van der Waals surface area contributed by atoms with Crippen molar-refractivity contribution >= 4 is 44.1 Å². The monoisotopic (exact) mass is 423 g/mol. The van der Waals surface area contributed by atoms with Crippen LogP contribution in [0.3, 0.4) is 0 Å². The maximum absolute atomic E-state index is 12.3. The van der Waals surface area contributed by atoms with Crippen molar-refractivity contribution in [1.29, 1.82) is 0 Å². The number of rotatable bonds is 5. The highest BCUT2D eigenvalue weighted by atomic mass is 79.9. The van der Waals surface area contributed by atoms with Crippen molar-refractivity contribution in [3.8, 4) is 5.75 Å². The van der Waals surface area contributed by atoms with Crippen LogP contribution in [0.25, 0.3) is 0 Å². The summed E-state index contributed by atoms with van der Waals surface area (Å²) in [4.78, 5) is 25.6. The van der Waals surface area contributed by atoms with E-state index in [1.54, 1.807) is 12.1 Å². The molecule has 1 aliphatic rings. The summed E-state index contributed by atoms with van der Waals surface area (Å²) in [5, 5.41) is 3.37. The minimum atomic E-state index is -0.400. The molecule has 5 nitrogen and oxygen atoms in total. The van der Waals surface area contributed by atoms with Gasteiger partial charge in [0.2, 0.25) is 0 Å². The van der Waals surface area contributed by atoms with Crippen molar-refractivity contribution in [3.05, 3.63) is 44.7 Å². The fourth-order valence-corrected chi connectivity index (χ4v) is 4.51. The number of halogens is 1. The van der Waals surface area contributed by atoms with Crippen molar-refractivity contribution in [2.75, 3.05) is 19.0 Å². The molecule has 132 valence electrons. The van der Waals surface area contributed by atoms with Crippen LogP contribution in [0.2, 0.25) is 0 Å². The molecular weight excluding hydrogens is 406 g/mol. The van der Waals surface area contributed by atoms with Crippen LogP contribution in [0.15, 0.2) is 28.7 Å². The second-order valence-electron chi connectivity index (χ2n) is 5.70. The number of aryl methyl sites for hydroxylation is 1. The Morgan fingerprint density at radius 3 is 2.84 bits per heavy atom. The van der Waals surface area contributed by atoms with Gasteiger partial charge in [-0.3, -0.25) is 4.79 Å². The summed E-state index contributed by atoms with van der Waals surface area (Å²) in [6, 6.07) is 7.28. The van der Waals surface area contributed by atoms with E-state index in [9.17, 15) is 9.59 Å². The zero-order chi connectivity index (χ0) is 17.8. The highest BCUT2D eigenvalue weighted by molar-refractivity contribution is 9.10. The fourth-order valence-electron chi connectivity index (χ4n) is 2.84. The SMILES string of the molecule is COC(=O)c1c(NC(=O)COc2cccc(Br)c2)sc2c1CCCC2. The van der Waals surface area contributed by atoms with Crippen molar-refractivity contribution in [1.82, 2.24) is 0 Å². The predicted molar refractivity (Wildman–Crippen MR) is 101 cm³/mol. The van der Waals surface area contributed by atoms with Gasteiger partial charge in [-0.1, -0.05) is 22.0 Å². The smallest absolute Gasteiger partial charge is 0.341 e. The molecule has 0 bridgehead atoms. The second kappa shape index (κ2) is 8.01. The number of amides is 1. The van der Waals surface area contributed by atoms with Crippen LogP contribution < -0.4 is 10.1 Å². The molecule has 0 atom stereocenters. The van der Waals surface area contributed by atoms with E-state index in [-0.39, 0.29) is 12.5 Å². The lowest BCUT2D eigenvalue weighted by molar-refractivity contribution is -0.118. The van der Waals surface area contributed by atoms with Gasteiger partial charge >= 0.3 is 5.97 Å². The number of nitrogens with one attached hydrogen (secondary N) is 1. The van der Waals surface area contributed by atoms with Crippen LogP contribution >= 0.6 is 27.3 Å². The van der Waals surface area contributed by atoms with Crippen LogP contribution in [0.1, 0.15) is 33.6 Å². The van der Waals surface area contributed by atoms with E-state index < -0.39 is 5.97 Å². The largest absolute Gasteiger partial charge is 0.484 e. The Labute approximate surface area is 158 Å². The van der Waals surface area contributed by atoms with Gasteiger partial charge in [-0.15, -0.1) is 11.3 Å². The molecule has 1 aliphatic carbocycles. The third-order valence-electron chi connectivity index (χ3n) is 3.98. The predicted octanol–water partition coefficient (Wildman–Crippen LogP) is 4.19. The molecule has 1 N–H and O–H groups in total. The number of thiophene rings is 1. The minimum Gasteiger partial charge on any atom is -0.484 e. The average molecular weight is 424 g/mol. The molecule has 1 aromatic heterocycles. The van der Waals surface area contributed by atoms with E-state index in [0.29, 0.717) is 16.3 Å². The Bertz CT molecular complexity index is 802. The minimum absolute atomic E-state index is 0.125. The fraction of sp³-hybridized carbons (Fsp3) is 0.333. The first-order chi connectivity index (χ1) is 12.1. The van der Waals surface area contributed by atoms with Gasteiger partial charge in [-0.25, -0.2) is 4.79 Å². The number of esters is 1. The molecule has 25 heavy (non-hydrogen) atoms. The van der Waals surface area contributed by atoms with Gasteiger partial charge in [0, 0.05) is 9.35 Å². The van der Waals surface area contributed by atoms with E-state index in [1.165, 1.54) is 18.4 Å². The van der Waals surface area contributed by atoms with Gasteiger partial charge in [0.05, 0.1) is 12.7 Å². The lowest BCUT2D eigenvalue weighted by atomic mass is 9.95. The summed E-state index contributed by atoms with van der Waals surface area (Å²) in [5.74, 6) is -0.102. The number of carbonyl (C=O) groups excluding carboxylic acids is 2. The number of methoxy groups -OCH3 is 1. The Hall–Kier alpha value is -1.86. The lowest BCUT2D eigenvalue weighted by Gasteiger charge is -2.12. The summed E-state index contributed by atoms with van der Waals surface area (Å²) in [6.07, 6.45) is 3.94. The first kappa shape index (κ1) is 17.9. The van der Waals surface area contributed by atoms with Gasteiger partial charge in [0.25, 0.3) is 5.91 Å². The zero-order valence-electron chi connectivity index (χ0n) is 13.8. The molecule has 2 aromatic rings. The number of benzene rings is 1. The molecule has 0 aliphatic heterocycles. The molecule has 0 spiro atoms. The van der Waals surface area contributed by atoms with Crippen molar-refractivity contribution < 1.29 is 19.1 Å². The van der Waals surface area contributed by atoms with Gasteiger partial charge in [-0.05, 0) is 49.4 Å². The Morgan fingerprint density at radius 1 is 1.28 bits per heavy atom. The molecule has 0 radical (unpaired) electrons. The first-order valence-electron chi connectivity index (χ1n) is 7.99. The molecule has 1 aromatic carbocycles.